The quantitative estimate of drug-likeness (QED) is 0.692. The molecule has 1 aliphatic rings. The average Bonchev–Trinajstić information content (AvgIpc) is 2.44. The maximum Gasteiger partial charge on any atom is 0.414 e. The Bertz CT molecular complexity index is 650. The van der Waals surface area contributed by atoms with Gasteiger partial charge in [-0.05, 0) is 45.7 Å². The Morgan fingerprint density at radius 1 is 1.09 bits per heavy atom. The number of carbonyl (C=O) groups excluding carboxylic acids is 2. The zero-order valence-corrected chi connectivity index (χ0v) is 13.3. The number of para-hydroxylation sites is 2. The second kappa shape index (κ2) is 6.10. The number of anilines is 2. The summed E-state index contributed by atoms with van der Waals surface area (Å²) in [6.45, 7) is 7.88. The summed E-state index contributed by atoms with van der Waals surface area (Å²) in [6.07, 6.45) is -0.409. The van der Waals surface area contributed by atoms with E-state index in [9.17, 15) is 9.59 Å². The van der Waals surface area contributed by atoms with Gasteiger partial charge < -0.3 is 4.74 Å². The summed E-state index contributed by atoms with van der Waals surface area (Å²) < 4.78 is 5.43. The molecule has 0 atom stereocenters. The SMILES string of the molecule is CC#CC(=O)N1CCN(C(=O)OC(C)(C)C)c2ccccc21. The van der Waals surface area contributed by atoms with E-state index in [1.807, 2.05) is 32.9 Å². The Balaban J connectivity index is 2.33. The highest BCUT2D eigenvalue weighted by Gasteiger charge is 2.31. The molecule has 0 spiro atoms. The first kappa shape index (κ1) is 15.9. The zero-order valence-electron chi connectivity index (χ0n) is 13.3. The van der Waals surface area contributed by atoms with Crippen LogP contribution in [-0.4, -0.2) is 30.7 Å². The zero-order chi connectivity index (χ0) is 16.3. The van der Waals surface area contributed by atoms with Gasteiger partial charge in [0.05, 0.1) is 11.4 Å². The molecule has 0 saturated carbocycles. The number of nitrogens with zero attached hydrogens (tertiary/aromatic N) is 2. The van der Waals surface area contributed by atoms with Crippen LogP contribution in [0.2, 0.25) is 0 Å². The lowest BCUT2D eigenvalue weighted by atomic mass is 10.1. The molecule has 2 rings (SSSR count). The van der Waals surface area contributed by atoms with Gasteiger partial charge in [0.2, 0.25) is 0 Å². The van der Waals surface area contributed by atoms with Crippen molar-refractivity contribution in [1.82, 2.24) is 0 Å². The number of hydrogen-bond donors (Lipinski definition) is 0. The number of carbonyl (C=O) groups is 2. The molecule has 0 fully saturated rings. The van der Waals surface area contributed by atoms with Crippen LogP contribution in [-0.2, 0) is 9.53 Å². The minimum absolute atomic E-state index is 0.265. The fourth-order valence-corrected chi connectivity index (χ4v) is 2.25. The van der Waals surface area contributed by atoms with Crippen molar-refractivity contribution >= 4 is 23.4 Å². The van der Waals surface area contributed by atoms with Crippen molar-refractivity contribution in [2.24, 2.45) is 0 Å². The fraction of sp³-hybridized carbons (Fsp3) is 0.412. The number of amides is 2. The van der Waals surface area contributed by atoms with Gasteiger partial charge in [-0.15, -0.1) is 0 Å². The van der Waals surface area contributed by atoms with E-state index in [4.69, 9.17) is 4.74 Å². The van der Waals surface area contributed by atoms with Crippen LogP contribution in [0, 0.1) is 11.8 Å². The molecule has 5 heteroatoms. The molecule has 0 aliphatic carbocycles. The van der Waals surface area contributed by atoms with E-state index in [1.54, 1.807) is 28.9 Å². The van der Waals surface area contributed by atoms with E-state index in [0.717, 1.165) is 0 Å². The molecule has 0 bridgehead atoms. The number of benzene rings is 1. The van der Waals surface area contributed by atoms with E-state index < -0.39 is 11.7 Å². The highest BCUT2D eigenvalue weighted by atomic mass is 16.6. The molecule has 0 aromatic heterocycles. The van der Waals surface area contributed by atoms with E-state index >= 15 is 0 Å². The Morgan fingerprint density at radius 2 is 1.64 bits per heavy atom. The molecule has 1 heterocycles. The Hall–Kier alpha value is -2.48. The van der Waals surface area contributed by atoms with Gasteiger partial charge in [0.1, 0.15) is 5.60 Å². The lowest BCUT2D eigenvalue weighted by Crippen LogP contribution is -2.47. The van der Waals surface area contributed by atoms with Gasteiger partial charge in [-0.2, -0.15) is 0 Å². The lowest BCUT2D eigenvalue weighted by Gasteiger charge is -2.36. The van der Waals surface area contributed by atoms with Crippen LogP contribution in [0.25, 0.3) is 0 Å². The minimum atomic E-state index is -0.563. The second-order valence-electron chi connectivity index (χ2n) is 5.95. The molecule has 0 unspecified atom stereocenters. The van der Waals surface area contributed by atoms with Crippen molar-refractivity contribution in [2.45, 2.75) is 33.3 Å². The first-order valence-corrected chi connectivity index (χ1v) is 7.17. The number of fused-ring (bicyclic) bond motifs is 1. The van der Waals surface area contributed by atoms with Gasteiger partial charge in [0.15, 0.2) is 0 Å². The molecule has 22 heavy (non-hydrogen) atoms. The van der Waals surface area contributed by atoms with E-state index in [1.165, 1.54) is 0 Å². The smallest absolute Gasteiger partial charge is 0.414 e. The third-order valence-electron chi connectivity index (χ3n) is 3.10. The third kappa shape index (κ3) is 3.40. The van der Waals surface area contributed by atoms with E-state index in [-0.39, 0.29) is 5.91 Å². The van der Waals surface area contributed by atoms with Crippen LogP contribution in [0.15, 0.2) is 24.3 Å². The summed E-state index contributed by atoms with van der Waals surface area (Å²) in [7, 11) is 0. The number of ether oxygens (including phenoxy) is 1. The summed E-state index contributed by atoms with van der Waals surface area (Å²) in [6, 6.07) is 7.27. The van der Waals surface area contributed by atoms with E-state index in [2.05, 4.69) is 11.8 Å². The van der Waals surface area contributed by atoms with Crippen LogP contribution >= 0.6 is 0 Å². The van der Waals surface area contributed by atoms with Crippen LogP contribution in [0.1, 0.15) is 27.7 Å². The monoisotopic (exact) mass is 300 g/mol. The van der Waals surface area contributed by atoms with Crippen LogP contribution in [0.3, 0.4) is 0 Å². The molecule has 1 aromatic carbocycles. The van der Waals surface area contributed by atoms with Crippen LogP contribution in [0.4, 0.5) is 16.2 Å². The lowest BCUT2D eigenvalue weighted by molar-refractivity contribution is -0.113. The summed E-state index contributed by atoms with van der Waals surface area (Å²) >= 11 is 0. The highest BCUT2D eigenvalue weighted by molar-refractivity contribution is 6.09. The van der Waals surface area contributed by atoms with E-state index in [0.29, 0.717) is 24.5 Å². The van der Waals surface area contributed by atoms with Crippen molar-refractivity contribution in [3.8, 4) is 11.8 Å². The first-order chi connectivity index (χ1) is 10.3. The molecule has 0 radical (unpaired) electrons. The first-order valence-electron chi connectivity index (χ1n) is 7.17. The van der Waals surface area contributed by atoms with Gasteiger partial charge in [0.25, 0.3) is 0 Å². The topological polar surface area (TPSA) is 49.9 Å². The molecule has 1 aromatic rings. The molecule has 116 valence electrons. The van der Waals surface area contributed by atoms with Crippen LogP contribution < -0.4 is 9.80 Å². The predicted octanol–water partition coefficient (Wildman–Crippen LogP) is 2.80. The molecule has 1 aliphatic heterocycles. The third-order valence-corrected chi connectivity index (χ3v) is 3.10. The Labute approximate surface area is 130 Å². The average molecular weight is 300 g/mol. The largest absolute Gasteiger partial charge is 0.443 e. The molecular formula is C17H20N2O3. The molecule has 5 nitrogen and oxygen atoms in total. The minimum Gasteiger partial charge on any atom is -0.443 e. The fourth-order valence-electron chi connectivity index (χ4n) is 2.25. The van der Waals surface area contributed by atoms with Crippen molar-refractivity contribution in [1.29, 1.82) is 0 Å². The van der Waals surface area contributed by atoms with Crippen molar-refractivity contribution in [3.63, 3.8) is 0 Å². The number of hydrogen-bond acceptors (Lipinski definition) is 3. The van der Waals surface area contributed by atoms with Crippen molar-refractivity contribution in [3.05, 3.63) is 24.3 Å². The van der Waals surface area contributed by atoms with Crippen LogP contribution in [0.5, 0.6) is 0 Å². The standard InChI is InChI=1S/C17H20N2O3/c1-5-8-15(20)18-11-12-19(16(21)22-17(2,3)4)14-10-7-6-9-13(14)18/h6-7,9-10H,11-12H2,1-4H3. The highest BCUT2D eigenvalue weighted by Crippen LogP contribution is 2.33. The van der Waals surface area contributed by atoms with Gasteiger partial charge in [-0.3, -0.25) is 14.6 Å². The summed E-state index contributed by atoms with van der Waals surface area (Å²) in [4.78, 5) is 27.6. The maximum atomic E-state index is 12.4. The van der Waals surface area contributed by atoms with Gasteiger partial charge >= 0.3 is 12.0 Å². The van der Waals surface area contributed by atoms with Gasteiger partial charge in [-0.1, -0.05) is 18.1 Å². The molecule has 0 N–H and O–H groups in total. The molecule has 0 saturated heterocycles. The maximum absolute atomic E-state index is 12.4. The van der Waals surface area contributed by atoms with Gasteiger partial charge in [0, 0.05) is 13.1 Å². The Morgan fingerprint density at radius 3 is 2.18 bits per heavy atom. The van der Waals surface area contributed by atoms with Gasteiger partial charge in [-0.25, -0.2) is 4.79 Å². The normalized spacial score (nSPS) is 13.8. The van der Waals surface area contributed by atoms with Crippen molar-refractivity contribution in [2.75, 3.05) is 22.9 Å². The summed E-state index contributed by atoms with van der Waals surface area (Å²) in [5.41, 5.74) is 0.772. The Kier molecular flexibility index (Phi) is 4.41. The predicted molar refractivity (Wildman–Crippen MR) is 85.8 cm³/mol. The van der Waals surface area contributed by atoms with Crippen molar-refractivity contribution < 1.29 is 14.3 Å². The second-order valence-corrected chi connectivity index (χ2v) is 5.95. The summed E-state index contributed by atoms with van der Waals surface area (Å²) in [5.74, 6) is 4.89. The molecule has 2 amide bonds. The molecular weight excluding hydrogens is 280 g/mol. The number of rotatable bonds is 0. The summed E-state index contributed by atoms with van der Waals surface area (Å²) in [5, 5.41) is 0.